The van der Waals surface area contributed by atoms with Crippen molar-refractivity contribution in [2.24, 2.45) is 0 Å². The quantitative estimate of drug-likeness (QED) is 0.516. The first-order valence-corrected chi connectivity index (χ1v) is 3.77. The summed E-state index contributed by atoms with van der Waals surface area (Å²) >= 11 is 0. The number of nitrogen functional groups attached to an aromatic ring is 1. The van der Waals surface area contributed by atoms with Crippen LogP contribution in [0.4, 0.5) is 5.69 Å². The van der Waals surface area contributed by atoms with Gasteiger partial charge in [-0.15, -0.1) is 0 Å². The number of methoxy groups -OCH3 is 1. The summed E-state index contributed by atoms with van der Waals surface area (Å²) in [5.41, 5.74) is 6.70. The van der Waals surface area contributed by atoms with Crippen molar-refractivity contribution in [3.8, 4) is 0 Å². The minimum absolute atomic E-state index is 0.184. The molecule has 4 heteroatoms. The molecule has 13 heavy (non-hydrogen) atoms. The summed E-state index contributed by atoms with van der Waals surface area (Å²) in [5, 5.41) is 8.87. The average molecular weight is 181 g/mol. The molecule has 0 unspecified atom stereocenters. The van der Waals surface area contributed by atoms with Gasteiger partial charge in [0.25, 0.3) is 0 Å². The highest BCUT2D eigenvalue weighted by atomic mass is 16.5. The Balaban J connectivity index is 3.15. The number of benzene rings is 1. The lowest BCUT2D eigenvalue weighted by atomic mass is 10.1. The van der Waals surface area contributed by atoms with E-state index in [0.717, 1.165) is 0 Å². The van der Waals surface area contributed by atoms with Crippen LogP contribution in [0.5, 0.6) is 0 Å². The van der Waals surface area contributed by atoms with Gasteiger partial charge < -0.3 is 15.6 Å². The van der Waals surface area contributed by atoms with E-state index in [-0.39, 0.29) is 17.9 Å². The number of anilines is 1. The molecule has 0 heterocycles. The molecule has 0 aliphatic carbocycles. The summed E-state index contributed by atoms with van der Waals surface area (Å²) < 4.78 is 4.52. The summed E-state index contributed by atoms with van der Waals surface area (Å²) in [6.45, 7) is -0.184. The van der Waals surface area contributed by atoms with E-state index >= 15 is 0 Å². The fourth-order valence-electron chi connectivity index (χ4n) is 1.04. The van der Waals surface area contributed by atoms with Crippen molar-refractivity contribution in [2.45, 2.75) is 6.61 Å². The fourth-order valence-corrected chi connectivity index (χ4v) is 1.04. The van der Waals surface area contributed by atoms with Crippen molar-refractivity contribution in [2.75, 3.05) is 12.8 Å². The highest BCUT2D eigenvalue weighted by Crippen LogP contribution is 2.17. The van der Waals surface area contributed by atoms with Crippen LogP contribution in [-0.4, -0.2) is 18.2 Å². The molecule has 70 valence electrons. The van der Waals surface area contributed by atoms with E-state index in [1.54, 1.807) is 18.2 Å². The molecule has 0 aliphatic rings. The van der Waals surface area contributed by atoms with Gasteiger partial charge in [-0.1, -0.05) is 12.1 Å². The van der Waals surface area contributed by atoms with Crippen LogP contribution in [0.2, 0.25) is 0 Å². The standard InChI is InChI=1S/C9H11NO3/c1-13-9(12)7-4-2-3-6(5-11)8(7)10/h2-4,11H,5,10H2,1H3. The van der Waals surface area contributed by atoms with Gasteiger partial charge in [0.05, 0.1) is 25.0 Å². The van der Waals surface area contributed by atoms with Crippen molar-refractivity contribution in [1.29, 1.82) is 0 Å². The summed E-state index contributed by atoms with van der Waals surface area (Å²) in [6, 6.07) is 4.86. The predicted molar refractivity (Wildman–Crippen MR) is 48.1 cm³/mol. The molecule has 0 aromatic heterocycles. The van der Waals surface area contributed by atoms with Crippen LogP contribution in [0.3, 0.4) is 0 Å². The highest BCUT2D eigenvalue weighted by Gasteiger charge is 2.11. The summed E-state index contributed by atoms with van der Waals surface area (Å²) in [6.07, 6.45) is 0. The maximum Gasteiger partial charge on any atom is 0.339 e. The van der Waals surface area contributed by atoms with E-state index in [9.17, 15) is 4.79 Å². The van der Waals surface area contributed by atoms with Gasteiger partial charge in [0.1, 0.15) is 0 Å². The van der Waals surface area contributed by atoms with Gasteiger partial charge >= 0.3 is 5.97 Å². The highest BCUT2D eigenvalue weighted by molar-refractivity contribution is 5.95. The largest absolute Gasteiger partial charge is 0.465 e. The monoisotopic (exact) mass is 181 g/mol. The van der Waals surface area contributed by atoms with Gasteiger partial charge in [-0.05, 0) is 6.07 Å². The molecule has 0 saturated carbocycles. The number of esters is 1. The number of carbonyl (C=O) groups is 1. The van der Waals surface area contributed by atoms with Crippen LogP contribution in [0.25, 0.3) is 0 Å². The van der Waals surface area contributed by atoms with Crippen LogP contribution in [-0.2, 0) is 11.3 Å². The van der Waals surface area contributed by atoms with Crippen LogP contribution in [0.15, 0.2) is 18.2 Å². The maximum absolute atomic E-state index is 11.1. The van der Waals surface area contributed by atoms with Crippen molar-refractivity contribution in [3.63, 3.8) is 0 Å². The number of aliphatic hydroxyl groups is 1. The second-order valence-corrected chi connectivity index (χ2v) is 2.53. The number of ether oxygens (including phenoxy) is 1. The van der Waals surface area contributed by atoms with E-state index in [1.807, 2.05) is 0 Å². The zero-order valence-electron chi connectivity index (χ0n) is 7.28. The van der Waals surface area contributed by atoms with Crippen LogP contribution in [0.1, 0.15) is 15.9 Å². The number of rotatable bonds is 2. The van der Waals surface area contributed by atoms with E-state index < -0.39 is 5.97 Å². The third-order valence-corrected chi connectivity index (χ3v) is 1.77. The van der Waals surface area contributed by atoms with Gasteiger partial charge in [-0.25, -0.2) is 4.79 Å². The molecular weight excluding hydrogens is 170 g/mol. The van der Waals surface area contributed by atoms with E-state index in [0.29, 0.717) is 5.56 Å². The van der Waals surface area contributed by atoms with Gasteiger partial charge in [-0.2, -0.15) is 0 Å². The first-order chi connectivity index (χ1) is 6.20. The van der Waals surface area contributed by atoms with Crippen molar-refractivity contribution >= 4 is 11.7 Å². The number of para-hydroxylation sites is 1. The fraction of sp³-hybridized carbons (Fsp3) is 0.222. The minimum Gasteiger partial charge on any atom is -0.465 e. The van der Waals surface area contributed by atoms with Gasteiger partial charge in [-0.3, -0.25) is 0 Å². The molecule has 0 saturated heterocycles. The summed E-state index contributed by atoms with van der Waals surface area (Å²) in [5.74, 6) is -0.493. The van der Waals surface area contributed by atoms with Crippen LogP contribution in [0, 0.1) is 0 Å². The zero-order chi connectivity index (χ0) is 9.84. The molecule has 3 N–H and O–H groups in total. The van der Waals surface area contributed by atoms with Crippen LogP contribution < -0.4 is 5.73 Å². The molecule has 1 rings (SSSR count). The minimum atomic E-state index is -0.493. The lowest BCUT2D eigenvalue weighted by molar-refractivity contribution is 0.0602. The molecule has 0 spiro atoms. The lowest BCUT2D eigenvalue weighted by Crippen LogP contribution is -2.07. The number of carbonyl (C=O) groups excluding carboxylic acids is 1. The Morgan fingerprint density at radius 2 is 2.31 bits per heavy atom. The van der Waals surface area contributed by atoms with Crippen molar-refractivity contribution < 1.29 is 14.6 Å². The van der Waals surface area contributed by atoms with Crippen LogP contribution >= 0.6 is 0 Å². The molecule has 0 radical (unpaired) electrons. The summed E-state index contributed by atoms with van der Waals surface area (Å²) in [4.78, 5) is 11.1. The zero-order valence-corrected chi connectivity index (χ0v) is 7.28. The molecular formula is C9H11NO3. The lowest BCUT2D eigenvalue weighted by Gasteiger charge is -2.06. The Morgan fingerprint density at radius 3 is 2.85 bits per heavy atom. The Hall–Kier alpha value is -1.55. The molecule has 0 atom stereocenters. The molecule has 0 bridgehead atoms. The first kappa shape index (κ1) is 9.54. The van der Waals surface area contributed by atoms with Gasteiger partial charge in [0.2, 0.25) is 0 Å². The normalized spacial score (nSPS) is 9.69. The molecule has 0 fully saturated rings. The number of aliphatic hydroxyl groups excluding tert-OH is 1. The maximum atomic E-state index is 11.1. The Bertz CT molecular complexity index is 323. The third kappa shape index (κ3) is 1.78. The SMILES string of the molecule is COC(=O)c1cccc(CO)c1N. The van der Waals surface area contributed by atoms with Crippen molar-refractivity contribution in [3.05, 3.63) is 29.3 Å². The molecule has 4 nitrogen and oxygen atoms in total. The number of hydrogen-bond donors (Lipinski definition) is 2. The topological polar surface area (TPSA) is 72.5 Å². The average Bonchev–Trinajstić information content (AvgIpc) is 2.17. The van der Waals surface area contributed by atoms with E-state index in [1.165, 1.54) is 7.11 Å². The smallest absolute Gasteiger partial charge is 0.339 e. The first-order valence-electron chi connectivity index (χ1n) is 3.77. The second-order valence-electron chi connectivity index (χ2n) is 2.53. The molecule has 0 amide bonds. The molecule has 1 aromatic rings. The van der Waals surface area contributed by atoms with E-state index in [4.69, 9.17) is 10.8 Å². The molecule has 1 aromatic carbocycles. The van der Waals surface area contributed by atoms with Gasteiger partial charge in [0.15, 0.2) is 0 Å². The summed E-state index contributed by atoms with van der Waals surface area (Å²) in [7, 11) is 1.29. The van der Waals surface area contributed by atoms with Gasteiger partial charge in [0, 0.05) is 5.56 Å². The predicted octanol–water partition coefficient (Wildman–Crippen LogP) is 0.548. The number of hydrogen-bond acceptors (Lipinski definition) is 4. The molecule has 0 aliphatic heterocycles. The second kappa shape index (κ2) is 3.91. The van der Waals surface area contributed by atoms with E-state index in [2.05, 4.69) is 4.74 Å². The Labute approximate surface area is 75.9 Å². The Kier molecular flexibility index (Phi) is 2.87. The third-order valence-electron chi connectivity index (χ3n) is 1.77. The Morgan fingerprint density at radius 1 is 1.62 bits per heavy atom. The van der Waals surface area contributed by atoms with Crippen molar-refractivity contribution in [1.82, 2.24) is 0 Å². The number of nitrogens with two attached hydrogens (primary N) is 1.